The van der Waals surface area contributed by atoms with Gasteiger partial charge in [0, 0.05) is 12.1 Å². The Labute approximate surface area is 266 Å². The Morgan fingerprint density at radius 3 is 2.46 bits per heavy atom. The summed E-state index contributed by atoms with van der Waals surface area (Å²) in [7, 11) is 0. The van der Waals surface area contributed by atoms with Gasteiger partial charge in [0.2, 0.25) is 5.91 Å². The minimum Gasteiger partial charge on any atom is -0.406 e. The molecule has 0 aliphatic carbocycles. The van der Waals surface area contributed by atoms with Crippen LogP contribution >= 0.6 is 11.8 Å². The zero-order valence-electron chi connectivity index (χ0n) is 25.1. The van der Waals surface area contributed by atoms with Crippen molar-refractivity contribution in [2.24, 2.45) is 4.99 Å². The smallest absolute Gasteiger partial charge is 0.406 e. The first kappa shape index (κ1) is 32.7. The first-order valence-electron chi connectivity index (χ1n) is 14.5. The maximum atomic E-state index is 14.2. The summed E-state index contributed by atoms with van der Waals surface area (Å²) in [6.07, 6.45) is -2.28. The number of anilines is 1. The number of amides is 3. The van der Waals surface area contributed by atoms with Crippen LogP contribution in [0, 0.1) is 5.82 Å². The fourth-order valence-electron chi connectivity index (χ4n) is 4.80. The van der Waals surface area contributed by atoms with Crippen molar-refractivity contribution in [1.29, 1.82) is 0 Å². The number of thioether (sulfide) groups is 1. The Hall–Kier alpha value is -4.72. The molecular weight excluding hydrogens is 624 g/mol. The summed E-state index contributed by atoms with van der Waals surface area (Å²) in [4.78, 5) is 35.8. The van der Waals surface area contributed by atoms with Crippen LogP contribution in [0.2, 0.25) is 0 Å². The fourth-order valence-corrected chi connectivity index (χ4v) is 5.86. The van der Waals surface area contributed by atoms with Gasteiger partial charge in [-0.3, -0.25) is 9.69 Å². The molecule has 3 amide bonds. The van der Waals surface area contributed by atoms with Crippen LogP contribution in [0.25, 0.3) is 17.1 Å². The normalized spacial score (nSPS) is 16.0. The average Bonchev–Trinajstić information content (AvgIpc) is 3.61. The van der Waals surface area contributed by atoms with Gasteiger partial charge in [0.1, 0.15) is 17.9 Å². The lowest BCUT2D eigenvalue weighted by Crippen LogP contribution is -2.34. The summed E-state index contributed by atoms with van der Waals surface area (Å²) in [5.41, 5.74) is 3.33. The first-order chi connectivity index (χ1) is 21.9. The quantitative estimate of drug-likeness (QED) is 0.191. The first-order valence-corrected chi connectivity index (χ1v) is 15.3. The average molecular weight is 655 g/mol. The molecule has 1 saturated heterocycles. The molecule has 3 aromatic carbocycles. The summed E-state index contributed by atoms with van der Waals surface area (Å²) in [5.74, 6) is -0.614. The highest BCUT2D eigenvalue weighted by Crippen LogP contribution is 2.38. The maximum absolute atomic E-state index is 14.2. The minimum atomic E-state index is -4.77. The Bertz CT molecular complexity index is 1740. The van der Waals surface area contributed by atoms with E-state index in [0.29, 0.717) is 30.0 Å². The monoisotopic (exact) mass is 654 g/mol. The molecule has 14 heteroatoms. The molecule has 9 nitrogen and oxygen atoms in total. The highest BCUT2D eigenvalue weighted by atomic mass is 32.2. The van der Waals surface area contributed by atoms with Crippen LogP contribution in [0.3, 0.4) is 0 Å². The number of aliphatic imine (C=N–C) groups is 1. The van der Waals surface area contributed by atoms with E-state index in [1.54, 1.807) is 6.07 Å². The van der Waals surface area contributed by atoms with Crippen LogP contribution in [0.1, 0.15) is 44.2 Å². The molecule has 1 fully saturated rings. The molecule has 2 heterocycles. The van der Waals surface area contributed by atoms with E-state index in [1.807, 2.05) is 45.0 Å². The Morgan fingerprint density at radius 1 is 1.09 bits per heavy atom. The zero-order chi connectivity index (χ0) is 33.0. The fraction of sp³-hybridized carbons (Fsp3) is 0.281. The maximum Gasteiger partial charge on any atom is 0.573 e. The van der Waals surface area contributed by atoms with Gasteiger partial charge in [-0.25, -0.2) is 18.9 Å². The lowest BCUT2D eigenvalue weighted by molar-refractivity contribution is -0.274. The zero-order valence-corrected chi connectivity index (χ0v) is 25.9. The van der Waals surface area contributed by atoms with Crippen LogP contribution in [0.5, 0.6) is 5.75 Å². The van der Waals surface area contributed by atoms with E-state index in [9.17, 15) is 27.2 Å². The topological polar surface area (TPSA) is 102 Å². The van der Waals surface area contributed by atoms with E-state index in [2.05, 4.69) is 25.1 Å². The van der Waals surface area contributed by atoms with Gasteiger partial charge < -0.3 is 10.1 Å². The van der Waals surface area contributed by atoms with Crippen molar-refractivity contribution in [2.45, 2.75) is 51.1 Å². The van der Waals surface area contributed by atoms with Crippen LogP contribution < -0.4 is 15.0 Å². The number of rotatable bonds is 9. The number of nitrogens with one attached hydrogen (secondary N) is 1. The highest BCUT2D eigenvalue weighted by Gasteiger charge is 2.39. The summed E-state index contributed by atoms with van der Waals surface area (Å²) in [6.45, 7) is 6.05. The van der Waals surface area contributed by atoms with Crippen molar-refractivity contribution < 1.29 is 31.9 Å². The second kappa shape index (κ2) is 13.7. The molecule has 1 aliphatic heterocycles. The minimum absolute atomic E-state index is 0.0181. The van der Waals surface area contributed by atoms with E-state index >= 15 is 0 Å². The van der Waals surface area contributed by atoms with Gasteiger partial charge in [0.25, 0.3) is 0 Å². The van der Waals surface area contributed by atoms with Crippen molar-refractivity contribution in [1.82, 2.24) is 20.1 Å². The molecule has 1 unspecified atom stereocenters. The molecule has 0 spiro atoms. The number of urea groups is 1. The molecule has 1 aromatic heterocycles. The van der Waals surface area contributed by atoms with Crippen molar-refractivity contribution in [3.8, 4) is 22.8 Å². The van der Waals surface area contributed by atoms with Gasteiger partial charge >= 0.3 is 12.4 Å². The SMILES string of the molecule is CCC1S/C(=N\C(=O)NCCc2ccc(-c3ncn(-c4ccc(OC(F)(F)F)cc4)n3)cc2)N(c2cc(F)ccc2C(C)C)C1=O. The number of amidine groups is 1. The van der Waals surface area contributed by atoms with Gasteiger partial charge in [0.15, 0.2) is 11.0 Å². The van der Waals surface area contributed by atoms with E-state index in [-0.39, 0.29) is 29.3 Å². The summed E-state index contributed by atoms with van der Waals surface area (Å²) in [5, 5.41) is 6.95. The van der Waals surface area contributed by atoms with Crippen LogP contribution in [-0.4, -0.2) is 50.0 Å². The predicted octanol–water partition coefficient (Wildman–Crippen LogP) is 7.26. The summed E-state index contributed by atoms with van der Waals surface area (Å²) >= 11 is 1.19. The van der Waals surface area contributed by atoms with E-state index in [0.717, 1.165) is 16.7 Å². The number of nitrogens with zero attached hydrogens (tertiary/aromatic N) is 5. The predicted molar refractivity (Wildman–Crippen MR) is 168 cm³/mol. The number of halogens is 4. The number of aromatic nitrogens is 3. The lowest BCUT2D eigenvalue weighted by atomic mass is 10.00. The van der Waals surface area contributed by atoms with Crippen molar-refractivity contribution in [3.63, 3.8) is 0 Å². The number of benzene rings is 3. The third-order valence-corrected chi connectivity index (χ3v) is 8.39. The second-order valence-corrected chi connectivity index (χ2v) is 11.8. The van der Waals surface area contributed by atoms with Crippen molar-refractivity contribution in [2.75, 3.05) is 11.4 Å². The van der Waals surface area contributed by atoms with E-state index in [1.165, 1.54) is 64.1 Å². The third-order valence-electron chi connectivity index (χ3n) is 7.09. The molecular formula is C32H30F4N6O3S. The Balaban J connectivity index is 1.20. The molecule has 0 saturated carbocycles. The molecule has 240 valence electrons. The number of alkyl halides is 3. The highest BCUT2D eigenvalue weighted by molar-refractivity contribution is 8.16. The van der Waals surface area contributed by atoms with Crippen LogP contribution in [-0.2, 0) is 11.2 Å². The van der Waals surface area contributed by atoms with E-state index < -0.39 is 23.5 Å². The number of hydrogen-bond donors (Lipinski definition) is 1. The van der Waals surface area contributed by atoms with Crippen molar-refractivity contribution >= 4 is 34.6 Å². The molecule has 0 bridgehead atoms. The molecule has 1 aliphatic rings. The van der Waals surface area contributed by atoms with E-state index in [4.69, 9.17) is 0 Å². The standard InChI is InChI=1S/C32H30F4N6O3S/c1-4-27-29(43)42(26-17-22(33)9-14-25(26)19(2)3)31(46-27)39-30(44)37-16-15-20-5-7-21(8-6-20)28-38-18-41(40-28)23-10-12-24(13-11-23)45-32(34,35)36/h5-14,17-19,27H,4,15-16H2,1-3H3,(H,37,44)/b39-31-. The van der Waals surface area contributed by atoms with Gasteiger partial charge in [-0.05, 0) is 66.3 Å². The number of carbonyl (C=O) groups excluding carboxylic acids is 2. The molecule has 1 atom stereocenters. The Kier molecular flexibility index (Phi) is 9.75. The summed E-state index contributed by atoms with van der Waals surface area (Å²) in [6, 6.07) is 16.4. The van der Waals surface area contributed by atoms with Crippen molar-refractivity contribution in [3.05, 3.63) is 90.0 Å². The lowest BCUT2D eigenvalue weighted by Gasteiger charge is -2.22. The second-order valence-electron chi connectivity index (χ2n) is 10.7. The Morgan fingerprint density at radius 2 is 1.80 bits per heavy atom. The van der Waals surface area contributed by atoms with Gasteiger partial charge in [0.05, 0.1) is 16.6 Å². The van der Waals surface area contributed by atoms with Gasteiger partial charge in [-0.1, -0.05) is 62.9 Å². The number of carbonyl (C=O) groups is 2. The van der Waals surface area contributed by atoms with Crippen LogP contribution in [0.15, 0.2) is 78.0 Å². The number of hydrogen-bond acceptors (Lipinski definition) is 6. The van der Waals surface area contributed by atoms with Gasteiger partial charge in [-0.15, -0.1) is 18.3 Å². The summed E-state index contributed by atoms with van der Waals surface area (Å²) < 4.78 is 56.8. The molecule has 1 N–H and O–H groups in total. The van der Waals surface area contributed by atoms with Gasteiger partial charge in [-0.2, -0.15) is 4.99 Å². The molecule has 0 radical (unpaired) electrons. The number of ether oxygens (including phenoxy) is 1. The third kappa shape index (κ3) is 7.73. The van der Waals surface area contributed by atoms with Crippen LogP contribution in [0.4, 0.5) is 28.0 Å². The molecule has 46 heavy (non-hydrogen) atoms. The molecule has 4 aromatic rings. The molecule has 5 rings (SSSR count). The largest absolute Gasteiger partial charge is 0.573 e.